The predicted molar refractivity (Wildman–Crippen MR) is 153 cm³/mol. The van der Waals surface area contributed by atoms with Gasteiger partial charge in [-0.05, 0) is 92.1 Å². The summed E-state index contributed by atoms with van der Waals surface area (Å²) in [7, 11) is -1.99. The van der Waals surface area contributed by atoms with Gasteiger partial charge in [0.2, 0.25) is 15.2 Å². The fraction of sp³-hybridized carbons (Fsp3) is 0.250. The normalized spacial score (nSPS) is 14.2. The van der Waals surface area contributed by atoms with Gasteiger partial charge in [-0.1, -0.05) is 11.3 Å². The lowest BCUT2D eigenvalue weighted by Gasteiger charge is -2.16. The number of carbonyl (C=O) groups excluding carboxylic acids is 1. The Morgan fingerprint density at radius 1 is 1.05 bits per heavy atom. The quantitative estimate of drug-likeness (QED) is 0.205. The molecular formula is C28H28N4O5S2. The summed E-state index contributed by atoms with van der Waals surface area (Å²) in [6.45, 7) is 3.51. The van der Waals surface area contributed by atoms with Crippen molar-refractivity contribution in [1.82, 2.24) is 9.29 Å². The summed E-state index contributed by atoms with van der Waals surface area (Å²) in [5.74, 6) is 0.989. The Balaban J connectivity index is 1.47. The first kappa shape index (κ1) is 26.8. The van der Waals surface area contributed by atoms with E-state index in [0.29, 0.717) is 36.1 Å². The number of methoxy groups -OCH3 is 1. The summed E-state index contributed by atoms with van der Waals surface area (Å²) in [6, 6.07) is 18.8. The minimum atomic E-state index is -3.59. The molecule has 11 heteroatoms. The third-order valence-electron chi connectivity index (χ3n) is 6.28. The molecular weight excluding hydrogens is 536 g/mol. The topological polar surface area (TPSA) is 101 Å². The summed E-state index contributed by atoms with van der Waals surface area (Å²) in [6.07, 6.45) is 3.28. The summed E-state index contributed by atoms with van der Waals surface area (Å²) in [5.41, 5.74) is 1.76. The van der Waals surface area contributed by atoms with Crippen LogP contribution >= 0.6 is 11.3 Å². The van der Waals surface area contributed by atoms with Gasteiger partial charge in [0.25, 0.3) is 5.91 Å². The fourth-order valence-electron chi connectivity index (χ4n) is 4.21. The van der Waals surface area contributed by atoms with Gasteiger partial charge < -0.3 is 9.47 Å². The zero-order valence-electron chi connectivity index (χ0n) is 21.6. The molecule has 0 aliphatic carbocycles. The molecule has 1 amide bonds. The molecule has 0 spiro atoms. The van der Waals surface area contributed by atoms with Crippen molar-refractivity contribution in [2.45, 2.75) is 24.7 Å². The van der Waals surface area contributed by atoms with Crippen molar-refractivity contribution >= 4 is 48.8 Å². The molecule has 0 bridgehead atoms. The molecule has 2 heterocycles. The molecule has 1 saturated heterocycles. The molecule has 0 N–H and O–H groups in total. The van der Waals surface area contributed by atoms with Crippen LogP contribution in [0.1, 0.15) is 35.7 Å². The van der Waals surface area contributed by atoms with E-state index in [-0.39, 0.29) is 10.5 Å². The highest BCUT2D eigenvalue weighted by Crippen LogP contribution is 2.32. The molecule has 3 aromatic carbocycles. The third kappa shape index (κ3) is 5.80. The van der Waals surface area contributed by atoms with Crippen LogP contribution in [-0.4, -0.2) is 56.6 Å². The van der Waals surface area contributed by atoms with E-state index in [1.165, 1.54) is 44.9 Å². The van der Waals surface area contributed by atoms with Gasteiger partial charge in [0.05, 0.1) is 35.0 Å². The molecule has 1 aliphatic heterocycles. The number of rotatable bonds is 9. The first-order valence-electron chi connectivity index (χ1n) is 12.5. The molecule has 4 aromatic rings. The Hall–Kier alpha value is -3.80. The summed E-state index contributed by atoms with van der Waals surface area (Å²) < 4.78 is 39.0. The minimum absolute atomic E-state index is 0.164. The number of thiazole rings is 1. The van der Waals surface area contributed by atoms with Crippen LogP contribution in [0.15, 0.2) is 76.7 Å². The van der Waals surface area contributed by atoms with Gasteiger partial charge in [-0.3, -0.25) is 4.79 Å². The van der Waals surface area contributed by atoms with Crippen LogP contribution in [-0.2, 0) is 10.0 Å². The number of benzene rings is 3. The van der Waals surface area contributed by atoms with Crippen LogP contribution in [0.4, 0.5) is 5.13 Å². The molecule has 0 saturated carbocycles. The Kier molecular flexibility index (Phi) is 7.92. The van der Waals surface area contributed by atoms with Gasteiger partial charge >= 0.3 is 0 Å². The zero-order chi connectivity index (χ0) is 27.4. The van der Waals surface area contributed by atoms with Crippen molar-refractivity contribution in [2.24, 2.45) is 5.10 Å². The average Bonchev–Trinajstić information content (AvgIpc) is 3.65. The second kappa shape index (κ2) is 11.5. The van der Waals surface area contributed by atoms with Gasteiger partial charge in [-0.2, -0.15) is 14.4 Å². The van der Waals surface area contributed by atoms with Gasteiger partial charge in [-0.15, -0.1) is 0 Å². The monoisotopic (exact) mass is 564 g/mol. The van der Waals surface area contributed by atoms with Crippen LogP contribution in [0, 0.1) is 0 Å². The van der Waals surface area contributed by atoms with E-state index in [0.717, 1.165) is 28.9 Å². The van der Waals surface area contributed by atoms with Crippen LogP contribution in [0.3, 0.4) is 0 Å². The number of ether oxygens (including phenoxy) is 2. The van der Waals surface area contributed by atoms with Crippen molar-refractivity contribution in [1.29, 1.82) is 0 Å². The molecule has 1 aliphatic rings. The van der Waals surface area contributed by atoms with Crippen molar-refractivity contribution in [3.05, 3.63) is 77.9 Å². The largest absolute Gasteiger partial charge is 0.497 e. The van der Waals surface area contributed by atoms with E-state index in [1.807, 2.05) is 43.3 Å². The van der Waals surface area contributed by atoms with E-state index in [4.69, 9.17) is 9.47 Å². The van der Waals surface area contributed by atoms with Gasteiger partial charge in [-0.25, -0.2) is 13.4 Å². The molecule has 0 atom stereocenters. The molecule has 1 aromatic heterocycles. The highest BCUT2D eigenvalue weighted by atomic mass is 32.2. The summed E-state index contributed by atoms with van der Waals surface area (Å²) in [4.78, 5) is 18.5. The zero-order valence-corrected chi connectivity index (χ0v) is 23.2. The third-order valence-corrected chi connectivity index (χ3v) is 9.18. The highest BCUT2D eigenvalue weighted by Gasteiger charge is 2.28. The van der Waals surface area contributed by atoms with Crippen molar-refractivity contribution in [2.75, 3.05) is 31.8 Å². The molecule has 5 rings (SSSR count). The van der Waals surface area contributed by atoms with Crippen molar-refractivity contribution in [3.8, 4) is 11.5 Å². The number of nitrogens with zero attached hydrogens (tertiary/aromatic N) is 4. The van der Waals surface area contributed by atoms with Crippen LogP contribution in [0.25, 0.3) is 10.2 Å². The smallest absolute Gasteiger partial charge is 0.280 e. The Morgan fingerprint density at radius 3 is 2.41 bits per heavy atom. The standard InChI is InChI=1S/C28H28N4O5S2/c1-3-37-22-10-6-20(7-11-22)19-29-32(28-30-25-15-12-23(36-2)18-26(25)38-28)27(33)21-8-13-24(14-9-21)39(34,35)31-16-4-5-17-31/h6-15,18-19H,3-5,16-17H2,1-2H3/b29-19+. The summed E-state index contributed by atoms with van der Waals surface area (Å²) in [5, 5.41) is 6.10. The number of fused-ring (bicyclic) bond motifs is 1. The number of aromatic nitrogens is 1. The molecule has 0 radical (unpaired) electrons. The van der Waals surface area contributed by atoms with E-state index in [1.54, 1.807) is 19.4 Å². The predicted octanol–water partition coefficient (Wildman–Crippen LogP) is 5.17. The molecule has 1 fully saturated rings. The Labute approximate surface area is 231 Å². The van der Waals surface area contributed by atoms with Gasteiger partial charge in [0.15, 0.2) is 0 Å². The van der Waals surface area contributed by atoms with E-state index in [2.05, 4.69) is 10.1 Å². The Morgan fingerprint density at radius 2 is 1.74 bits per heavy atom. The number of hydrogen-bond donors (Lipinski definition) is 0. The highest BCUT2D eigenvalue weighted by molar-refractivity contribution is 7.89. The lowest BCUT2D eigenvalue weighted by molar-refractivity contribution is 0.0987. The van der Waals surface area contributed by atoms with Crippen molar-refractivity contribution in [3.63, 3.8) is 0 Å². The average molecular weight is 565 g/mol. The number of sulfonamides is 1. The maximum atomic E-state index is 13.7. The van der Waals surface area contributed by atoms with E-state index in [9.17, 15) is 13.2 Å². The second-order valence-corrected chi connectivity index (χ2v) is 11.8. The maximum absolute atomic E-state index is 13.7. The number of anilines is 1. The number of carbonyl (C=O) groups is 1. The first-order chi connectivity index (χ1) is 18.9. The lowest BCUT2D eigenvalue weighted by atomic mass is 10.2. The molecule has 202 valence electrons. The Bertz CT molecular complexity index is 1590. The van der Waals surface area contributed by atoms with E-state index >= 15 is 0 Å². The minimum Gasteiger partial charge on any atom is -0.497 e. The molecule has 39 heavy (non-hydrogen) atoms. The lowest BCUT2D eigenvalue weighted by Crippen LogP contribution is -2.28. The van der Waals surface area contributed by atoms with Gasteiger partial charge in [0, 0.05) is 18.7 Å². The van der Waals surface area contributed by atoms with Gasteiger partial charge in [0.1, 0.15) is 11.5 Å². The van der Waals surface area contributed by atoms with Crippen LogP contribution in [0.2, 0.25) is 0 Å². The van der Waals surface area contributed by atoms with Crippen LogP contribution < -0.4 is 14.5 Å². The van der Waals surface area contributed by atoms with E-state index < -0.39 is 15.9 Å². The SMILES string of the molecule is CCOc1ccc(/C=N/N(C(=O)c2ccc(S(=O)(=O)N3CCCC3)cc2)c2nc3ccc(OC)cc3s2)cc1. The molecule has 9 nitrogen and oxygen atoms in total. The number of hydrazone groups is 1. The first-order valence-corrected chi connectivity index (χ1v) is 14.8. The van der Waals surface area contributed by atoms with Crippen molar-refractivity contribution < 1.29 is 22.7 Å². The number of amides is 1. The number of hydrogen-bond acceptors (Lipinski definition) is 8. The summed E-state index contributed by atoms with van der Waals surface area (Å²) >= 11 is 1.30. The second-order valence-electron chi connectivity index (χ2n) is 8.83. The fourth-order valence-corrected chi connectivity index (χ4v) is 6.68. The van der Waals surface area contributed by atoms with Crippen LogP contribution in [0.5, 0.6) is 11.5 Å². The molecule has 0 unspecified atom stereocenters. The maximum Gasteiger partial charge on any atom is 0.280 e.